The van der Waals surface area contributed by atoms with Crippen LogP contribution >= 0.6 is 11.6 Å². The molecule has 0 rings (SSSR count). The molecule has 1 N–H and O–H groups in total. The molecule has 0 heterocycles. The fourth-order valence-electron chi connectivity index (χ4n) is 1.49. The molecule has 0 radical (unpaired) electrons. The molecule has 0 fully saturated rings. The third-order valence-electron chi connectivity index (χ3n) is 1.96. The van der Waals surface area contributed by atoms with Gasteiger partial charge in [-0.1, -0.05) is 13.8 Å². The predicted molar refractivity (Wildman–Crippen MR) is 66.1 cm³/mol. The molecule has 1 atom stereocenters. The van der Waals surface area contributed by atoms with Gasteiger partial charge in [-0.3, -0.25) is 9.59 Å². The quantitative estimate of drug-likeness (QED) is 0.613. The molecule has 0 aliphatic carbocycles. The predicted octanol–water partition coefficient (Wildman–Crippen LogP) is 2.83. The number of hydrogen-bond acceptors (Lipinski definition) is 3. The number of esters is 1. The van der Waals surface area contributed by atoms with E-state index < -0.39 is 22.4 Å². The van der Waals surface area contributed by atoms with Crippen LogP contribution in [-0.2, 0) is 14.3 Å². The Labute approximate surface area is 107 Å². The monoisotopic (exact) mass is 264 g/mol. The molecule has 0 saturated heterocycles. The Kier molecular flexibility index (Phi) is 5.46. The standard InChI is InChI=1S/C12H21ClO4/c1-8(2)6-12(13,10(15)16)7-9(14)17-11(3,4)5/h8H,6-7H2,1-5H3,(H,15,16)/t12-/m0/s1. The maximum atomic E-state index is 11.6. The lowest BCUT2D eigenvalue weighted by atomic mass is 9.93. The van der Waals surface area contributed by atoms with Gasteiger partial charge in [-0.25, -0.2) is 0 Å². The molecule has 0 aromatic rings. The van der Waals surface area contributed by atoms with E-state index in [4.69, 9.17) is 21.4 Å². The number of carbonyl (C=O) groups excluding carboxylic acids is 1. The minimum absolute atomic E-state index is 0.0889. The minimum atomic E-state index is -1.57. The lowest BCUT2D eigenvalue weighted by Gasteiger charge is -2.26. The maximum Gasteiger partial charge on any atom is 0.325 e. The lowest BCUT2D eigenvalue weighted by Crippen LogP contribution is -2.38. The second kappa shape index (κ2) is 5.71. The second-order valence-electron chi connectivity index (χ2n) is 5.63. The number of alkyl halides is 1. The largest absolute Gasteiger partial charge is 0.480 e. The third-order valence-corrected chi connectivity index (χ3v) is 2.41. The van der Waals surface area contributed by atoms with Crippen LogP contribution in [0.5, 0.6) is 0 Å². The first-order chi connectivity index (χ1) is 7.46. The summed E-state index contributed by atoms with van der Waals surface area (Å²) >= 11 is 5.99. The second-order valence-corrected chi connectivity index (χ2v) is 6.36. The van der Waals surface area contributed by atoms with E-state index in [2.05, 4.69) is 0 Å². The summed E-state index contributed by atoms with van der Waals surface area (Å²) in [6.45, 7) is 8.89. The van der Waals surface area contributed by atoms with Crippen molar-refractivity contribution >= 4 is 23.5 Å². The van der Waals surface area contributed by atoms with Crippen LogP contribution in [0.25, 0.3) is 0 Å². The van der Waals surface area contributed by atoms with Crippen molar-refractivity contribution < 1.29 is 19.4 Å². The number of carboxylic acids is 1. The van der Waals surface area contributed by atoms with Gasteiger partial charge in [0.15, 0.2) is 4.87 Å². The summed E-state index contributed by atoms with van der Waals surface area (Å²) in [4.78, 5) is 21.1. The first kappa shape index (κ1) is 16.2. The molecule has 0 aliphatic rings. The van der Waals surface area contributed by atoms with Gasteiger partial charge in [0.2, 0.25) is 0 Å². The van der Waals surface area contributed by atoms with Crippen LogP contribution in [-0.4, -0.2) is 27.5 Å². The van der Waals surface area contributed by atoms with Gasteiger partial charge in [-0.05, 0) is 33.1 Å². The zero-order valence-electron chi connectivity index (χ0n) is 11.0. The van der Waals surface area contributed by atoms with Crippen molar-refractivity contribution in [1.29, 1.82) is 0 Å². The molecule has 0 saturated carbocycles. The van der Waals surface area contributed by atoms with E-state index in [0.717, 1.165) is 0 Å². The van der Waals surface area contributed by atoms with Crippen LogP contribution in [0.2, 0.25) is 0 Å². The van der Waals surface area contributed by atoms with Crippen molar-refractivity contribution in [2.24, 2.45) is 5.92 Å². The van der Waals surface area contributed by atoms with Crippen molar-refractivity contribution in [3.8, 4) is 0 Å². The van der Waals surface area contributed by atoms with Gasteiger partial charge in [0.1, 0.15) is 5.60 Å². The van der Waals surface area contributed by atoms with Crippen molar-refractivity contribution in [3.05, 3.63) is 0 Å². The highest BCUT2D eigenvalue weighted by Gasteiger charge is 2.40. The highest BCUT2D eigenvalue weighted by Crippen LogP contribution is 2.30. The van der Waals surface area contributed by atoms with E-state index in [1.807, 2.05) is 13.8 Å². The zero-order chi connectivity index (χ0) is 13.9. The molecule has 100 valence electrons. The summed E-state index contributed by atoms with van der Waals surface area (Å²) in [6.07, 6.45) is -0.0948. The third kappa shape index (κ3) is 6.51. The smallest absolute Gasteiger partial charge is 0.325 e. The number of hydrogen-bond donors (Lipinski definition) is 1. The number of rotatable bonds is 5. The minimum Gasteiger partial charge on any atom is -0.480 e. The van der Waals surface area contributed by atoms with Gasteiger partial charge in [0.05, 0.1) is 6.42 Å². The van der Waals surface area contributed by atoms with Gasteiger partial charge in [-0.15, -0.1) is 11.6 Å². The Hall–Kier alpha value is -0.770. The summed E-state index contributed by atoms with van der Waals surface area (Å²) in [6, 6.07) is 0. The van der Waals surface area contributed by atoms with Crippen LogP contribution in [0, 0.1) is 5.92 Å². The first-order valence-electron chi connectivity index (χ1n) is 5.60. The normalized spacial score (nSPS) is 15.5. The van der Waals surface area contributed by atoms with Crippen molar-refractivity contribution in [2.75, 3.05) is 0 Å². The fraction of sp³-hybridized carbons (Fsp3) is 0.833. The molecule has 0 unspecified atom stereocenters. The highest BCUT2D eigenvalue weighted by atomic mass is 35.5. The summed E-state index contributed by atoms with van der Waals surface area (Å²) in [5, 5.41) is 9.09. The molecule has 0 amide bonds. The molecule has 4 nitrogen and oxygen atoms in total. The first-order valence-corrected chi connectivity index (χ1v) is 5.98. The molecule has 5 heteroatoms. The summed E-state index contributed by atoms with van der Waals surface area (Å²) in [7, 11) is 0. The Morgan fingerprint density at radius 3 is 2.06 bits per heavy atom. The van der Waals surface area contributed by atoms with Crippen LogP contribution in [0.4, 0.5) is 0 Å². The molecule has 0 spiro atoms. The van der Waals surface area contributed by atoms with Crippen LogP contribution < -0.4 is 0 Å². The number of carboxylic acid groups (broad SMARTS) is 1. The topological polar surface area (TPSA) is 63.6 Å². The molecule has 17 heavy (non-hydrogen) atoms. The Morgan fingerprint density at radius 2 is 1.76 bits per heavy atom. The van der Waals surface area contributed by atoms with E-state index in [-0.39, 0.29) is 18.8 Å². The number of carbonyl (C=O) groups is 2. The van der Waals surface area contributed by atoms with Crippen LogP contribution in [0.3, 0.4) is 0 Å². The molecule has 0 aromatic carbocycles. The molecular weight excluding hydrogens is 244 g/mol. The van der Waals surface area contributed by atoms with Gasteiger partial charge in [-0.2, -0.15) is 0 Å². The summed E-state index contributed by atoms with van der Waals surface area (Å²) in [5.41, 5.74) is -0.634. The van der Waals surface area contributed by atoms with Crippen molar-refractivity contribution in [1.82, 2.24) is 0 Å². The Morgan fingerprint density at radius 1 is 1.29 bits per heavy atom. The van der Waals surface area contributed by atoms with Crippen molar-refractivity contribution in [2.45, 2.75) is 57.9 Å². The molecular formula is C12H21ClO4. The lowest BCUT2D eigenvalue weighted by molar-refractivity contribution is -0.159. The Balaban J connectivity index is 4.67. The fourth-order valence-corrected chi connectivity index (χ4v) is 1.91. The average molecular weight is 265 g/mol. The van der Waals surface area contributed by atoms with E-state index in [0.29, 0.717) is 0 Å². The van der Waals surface area contributed by atoms with E-state index in [1.165, 1.54) is 0 Å². The van der Waals surface area contributed by atoms with Gasteiger partial charge < -0.3 is 9.84 Å². The van der Waals surface area contributed by atoms with E-state index >= 15 is 0 Å². The summed E-state index contributed by atoms with van der Waals surface area (Å²) in [5.74, 6) is -1.68. The van der Waals surface area contributed by atoms with Crippen molar-refractivity contribution in [3.63, 3.8) is 0 Å². The molecule has 0 bridgehead atoms. The van der Waals surface area contributed by atoms with Crippen LogP contribution in [0.1, 0.15) is 47.5 Å². The average Bonchev–Trinajstić information content (AvgIpc) is 1.96. The van der Waals surface area contributed by atoms with E-state index in [1.54, 1.807) is 20.8 Å². The van der Waals surface area contributed by atoms with Crippen LogP contribution in [0.15, 0.2) is 0 Å². The van der Waals surface area contributed by atoms with E-state index in [9.17, 15) is 9.59 Å². The number of aliphatic carboxylic acids is 1. The molecule has 0 aromatic heterocycles. The Bertz CT molecular complexity index is 293. The zero-order valence-corrected chi connectivity index (χ0v) is 11.8. The summed E-state index contributed by atoms with van der Waals surface area (Å²) < 4.78 is 5.08. The molecule has 0 aliphatic heterocycles. The number of ether oxygens (including phenoxy) is 1. The SMILES string of the molecule is CC(C)C[C@](Cl)(CC(=O)OC(C)(C)C)C(=O)O. The number of halogens is 1. The maximum absolute atomic E-state index is 11.6. The van der Waals surface area contributed by atoms with Gasteiger partial charge in [0.25, 0.3) is 0 Å². The highest BCUT2D eigenvalue weighted by molar-refractivity contribution is 6.34. The van der Waals surface area contributed by atoms with Gasteiger partial charge >= 0.3 is 11.9 Å². The van der Waals surface area contributed by atoms with Gasteiger partial charge in [0, 0.05) is 0 Å².